The first kappa shape index (κ1) is 20.2. The van der Waals surface area contributed by atoms with E-state index in [2.05, 4.69) is 54.9 Å². The second-order valence-electron chi connectivity index (χ2n) is 7.18. The van der Waals surface area contributed by atoms with Gasteiger partial charge in [0.05, 0.1) is 17.1 Å². The molecule has 1 aromatic heterocycles. The number of carbonyl (C=O) groups excluding carboxylic acids is 1. The molecule has 0 spiro atoms. The van der Waals surface area contributed by atoms with E-state index in [1.54, 1.807) is 12.1 Å². The van der Waals surface area contributed by atoms with Crippen LogP contribution in [0.5, 0.6) is 0 Å². The maximum atomic E-state index is 13.1. The molecule has 0 N–H and O–H groups in total. The SMILES string of the molecule is CCCCN(Cc1cccn1Cc1cccc(C)c1)C(=O)c1ccccc1Cl. The van der Waals surface area contributed by atoms with Crippen LogP contribution >= 0.6 is 11.6 Å². The molecule has 0 bridgehead atoms. The minimum Gasteiger partial charge on any atom is -0.345 e. The zero-order valence-electron chi connectivity index (χ0n) is 16.6. The summed E-state index contributed by atoms with van der Waals surface area (Å²) >= 11 is 6.28. The van der Waals surface area contributed by atoms with Crippen LogP contribution < -0.4 is 0 Å². The van der Waals surface area contributed by atoms with Crippen molar-refractivity contribution in [1.82, 2.24) is 9.47 Å². The number of aromatic nitrogens is 1. The number of carbonyl (C=O) groups is 1. The van der Waals surface area contributed by atoms with E-state index in [4.69, 9.17) is 11.6 Å². The van der Waals surface area contributed by atoms with Crippen molar-refractivity contribution in [3.05, 3.63) is 94.3 Å². The second kappa shape index (κ2) is 9.61. The summed E-state index contributed by atoms with van der Waals surface area (Å²) in [6.45, 7) is 6.33. The van der Waals surface area contributed by atoms with Gasteiger partial charge in [0.1, 0.15) is 0 Å². The lowest BCUT2D eigenvalue weighted by atomic mass is 10.1. The summed E-state index contributed by atoms with van der Waals surface area (Å²) in [4.78, 5) is 15.1. The molecule has 2 aromatic carbocycles. The Labute approximate surface area is 172 Å². The molecule has 0 saturated carbocycles. The largest absolute Gasteiger partial charge is 0.345 e. The molecule has 3 rings (SSSR count). The number of amides is 1. The highest BCUT2D eigenvalue weighted by Gasteiger charge is 2.19. The topological polar surface area (TPSA) is 25.2 Å². The van der Waals surface area contributed by atoms with Crippen LogP contribution in [0, 0.1) is 6.92 Å². The number of halogens is 1. The molecule has 3 aromatic rings. The average Bonchev–Trinajstić information content (AvgIpc) is 3.11. The van der Waals surface area contributed by atoms with Crippen LogP contribution in [0.25, 0.3) is 0 Å². The third-order valence-electron chi connectivity index (χ3n) is 4.88. The fraction of sp³-hybridized carbons (Fsp3) is 0.292. The lowest BCUT2D eigenvalue weighted by Gasteiger charge is -2.24. The summed E-state index contributed by atoms with van der Waals surface area (Å²) in [5.74, 6) is -0.0117. The van der Waals surface area contributed by atoms with E-state index in [1.807, 2.05) is 23.1 Å². The molecule has 3 nitrogen and oxygen atoms in total. The van der Waals surface area contributed by atoms with Crippen LogP contribution in [0.1, 0.15) is 46.9 Å². The molecule has 0 radical (unpaired) electrons. The summed E-state index contributed by atoms with van der Waals surface area (Å²) in [5, 5.41) is 0.504. The van der Waals surface area contributed by atoms with Crippen molar-refractivity contribution in [1.29, 1.82) is 0 Å². The summed E-state index contributed by atoms with van der Waals surface area (Å²) in [6.07, 6.45) is 4.08. The third kappa shape index (κ3) is 5.05. The molecule has 1 amide bonds. The maximum Gasteiger partial charge on any atom is 0.255 e. The van der Waals surface area contributed by atoms with Gasteiger partial charge in [0.15, 0.2) is 0 Å². The van der Waals surface area contributed by atoms with Crippen molar-refractivity contribution in [2.24, 2.45) is 0 Å². The van der Waals surface area contributed by atoms with Crippen molar-refractivity contribution in [2.75, 3.05) is 6.54 Å². The first-order valence-corrected chi connectivity index (χ1v) is 10.2. The molecular weight excluding hydrogens is 368 g/mol. The Morgan fingerprint density at radius 3 is 2.64 bits per heavy atom. The van der Waals surface area contributed by atoms with Crippen molar-refractivity contribution in [3.63, 3.8) is 0 Å². The monoisotopic (exact) mass is 394 g/mol. The van der Waals surface area contributed by atoms with Gasteiger partial charge in [0, 0.05) is 25.0 Å². The number of aryl methyl sites for hydroxylation is 1. The molecule has 1 heterocycles. The maximum absolute atomic E-state index is 13.1. The van der Waals surface area contributed by atoms with E-state index in [0.717, 1.165) is 31.6 Å². The highest BCUT2D eigenvalue weighted by atomic mass is 35.5. The first-order valence-electron chi connectivity index (χ1n) is 9.82. The highest BCUT2D eigenvalue weighted by molar-refractivity contribution is 6.33. The van der Waals surface area contributed by atoms with Gasteiger partial charge in [-0.15, -0.1) is 0 Å². The van der Waals surface area contributed by atoms with Crippen molar-refractivity contribution in [2.45, 2.75) is 39.8 Å². The first-order chi connectivity index (χ1) is 13.6. The van der Waals surface area contributed by atoms with Crippen LogP contribution in [-0.2, 0) is 13.1 Å². The molecule has 4 heteroatoms. The van der Waals surface area contributed by atoms with Crippen molar-refractivity contribution >= 4 is 17.5 Å². The number of rotatable bonds is 8. The second-order valence-corrected chi connectivity index (χ2v) is 7.58. The van der Waals surface area contributed by atoms with Gasteiger partial charge in [-0.2, -0.15) is 0 Å². The Morgan fingerprint density at radius 2 is 1.89 bits per heavy atom. The van der Waals surface area contributed by atoms with Gasteiger partial charge in [-0.25, -0.2) is 0 Å². The number of nitrogens with zero attached hydrogens (tertiary/aromatic N) is 2. The Hall–Kier alpha value is -2.52. The molecule has 0 aliphatic rings. The van der Waals surface area contributed by atoms with E-state index in [1.165, 1.54) is 11.1 Å². The average molecular weight is 395 g/mol. The van der Waals surface area contributed by atoms with E-state index in [0.29, 0.717) is 17.1 Å². The molecule has 0 fully saturated rings. The Bertz CT molecular complexity index is 932. The number of hydrogen-bond acceptors (Lipinski definition) is 1. The van der Waals surface area contributed by atoms with Gasteiger partial charge >= 0.3 is 0 Å². The standard InChI is InChI=1S/C24H27ClN2O/c1-3-4-14-27(24(28)22-12-5-6-13-23(22)25)18-21-11-8-15-26(21)17-20-10-7-9-19(2)16-20/h5-13,15-16H,3-4,14,17-18H2,1-2H3. The van der Waals surface area contributed by atoms with Gasteiger partial charge < -0.3 is 9.47 Å². The van der Waals surface area contributed by atoms with Crippen LogP contribution in [0.3, 0.4) is 0 Å². The highest BCUT2D eigenvalue weighted by Crippen LogP contribution is 2.20. The Kier molecular flexibility index (Phi) is 6.94. The van der Waals surface area contributed by atoms with Gasteiger partial charge in [0.25, 0.3) is 5.91 Å². The molecule has 28 heavy (non-hydrogen) atoms. The number of benzene rings is 2. The van der Waals surface area contributed by atoms with Gasteiger partial charge in [-0.05, 0) is 43.2 Å². The van der Waals surface area contributed by atoms with Crippen LogP contribution in [0.15, 0.2) is 66.9 Å². The molecule has 0 aliphatic heterocycles. The van der Waals surface area contributed by atoms with Crippen molar-refractivity contribution in [3.8, 4) is 0 Å². The van der Waals surface area contributed by atoms with E-state index in [-0.39, 0.29) is 5.91 Å². The zero-order chi connectivity index (χ0) is 19.9. The molecule has 0 saturated heterocycles. The quantitative estimate of drug-likeness (QED) is 0.464. The van der Waals surface area contributed by atoms with Crippen LogP contribution in [0.4, 0.5) is 0 Å². The lowest BCUT2D eigenvalue weighted by Crippen LogP contribution is -2.32. The molecular formula is C24H27ClN2O. The van der Waals surface area contributed by atoms with E-state index >= 15 is 0 Å². The molecule has 0 unspecified atom stereocenters. The predicted octanol–water partition coefficient (Wildman–Crippen LogP) is 5.94. The number of unbranched alkanes of at least 4 members (excludes halogenated alkanes) is 1. The Balaban J connectivity index is 1.81. The summed E-state index contributed by atoms with van der Waals surface area (Å²) in [5.41, 5.74) is 4.20. The molecule has 0 aliphatic carbocycles. The minimum absolute atomic E-state index is 0.0117. The molecule has 146 valence electrons. The predicted molar refractivity (Wildman–Crippen MR) is 116 cm³/mol. The Morgan fingerprint density at radius 1 is 1.07 bits per heavy atom. The third-order valence-corrected chi connectivity index (χ3v) is 5.21. The van der Waals surface area contributed by atoms with Crippen LogP contribution in [-0.4, -0.2) is 21.9 Å². The van der Waals surface area contributed by atoms with Gasteiger partial charge in [0.2, 0.25) is 0 Å². The number of hydrogen-bond donors (Lipinski definition) is 0. The fourth-order valence-corrected chi connectivity index (χ4v) is 3.57. The lowest BCUT2D eigenvalue weighted by molar-refractivity contribution is 0.0737. The van der Waals surface area contributed by atoms with Crippen molar-refractivity contribution < 1.29 is 4.79 Å². The minimum atomic E-state index is -0.0117. The normalized spacial score (nSPS) is 10.8. The fourth-order valence-electron chi connectivity index (χ4n) is 3.36. The summed E-state index contributed by atoms with van der Waals surface area (Å²) in [6, 6.07) is 19.9. The van der Waals surface area contributed by atoms with Crippen LogP contribution in [0.2, 0.25) is 5.02 Å². The van der Waals surface area contributed by atoms with Gasteiger partial charge in [-0.3, -0.25) is 4.79 Å². The van der Waals surface area contributed by atoms with E-state index < -0.39 is 0 Å². The van der Waals surface area contributed by atoms with E-state index in [9.17, 15) is 4.79 Å². The smallest absolute Gasteiger partial charge is 0.255 e. The van der Waals surface area contributed by atoms with Gasteiger partial charge in [-0.1, -0.05) is 66.9 Å². The summed E-state index contributed by atoms with van der Waals surface area (Å²) in [7, 11) is 0. The molecule has 0 atom stereocenters. The zero-order valence-corrected chi connectivity index (χ0v) is 17.3. The summed E-state index contributed by atoms with van der Waals surface area (Å²) < 4.78 is 2.22.